The van der Waals surface area contributed by atoms with Gasteiger partial charge in [0.15, 0.2) is 5.65 Å². The predicted octanol–water partition coefficient (Wildman–Crippen LogP) is 2.24. The molecular formula is C18H17N7O. The summed E-state index contributed by atoms with van der Waals surface area (Å²) >= 11 is 0. The number of anilines is 1. The molecule has 0 aliphatic rings. The van der Waals surface area contributed by atoms with E-state index in [0.29, 0.717) is 17.8 Å². The highest BCUT2D eigenvalue weighted by atomic mass is 16.1. The number of aromatic nitrogens is 6. The number of carbonyl (C=O) groups excluding carboxylic acids is 1. The first-order valence-electron chi connectivity index (χ1n) is 8.17. The zero-order chi connectivity index (χ0) is 18.1. The van der Waals surface area contributed by atoms with Crippen LogP contribution in [-0.2, 0) is 6.54 Å². The second-order valence-electron chi connectivity index (χ2n) is 6.04. The molecule has 3 heterocycles. The van der Waals surface area contributed by atoms with Crippen LogP contribution in [0.1, 0.15) is 27.3 Å². The molecule has 0 bridgehead atoms. The van der Waals surface area contributed by atoms with Gasteiger partial charge < -0.3 is 0 Å². The Balaban J connectivity index is 1.54. The van der Waals surface area contributed by atoms with Gasteiger partial charge in [0, 0.05) is 11.4 Å². The average Bonchev–Trinajstić information content (AvgIpc) is 3.22. The van der Waals surface area contributed by atoms with E-state index in [-0.39, 0.29) is 11.9 Å². The van der Waals surface area contributed by atoms with Gasteiger partial charge in [-0.05, 0) is 25.5 Å². The predicted molar refractivity (Wildman–Crippen MR) is 96.0 cm³/mol. The normalized spacial score (nSPS) is 11.0. The van der Waals surface area contributed by atoms with Crippen LogP contribution in [-0.4, -0.2) is 35.3 Å². The molecule has 1 N–H and O–H groups in total. The van der Waals surface area contributed by atoms with E-state index in [1.807, 2.05) is 50.2 Å². The topological polar surface area (TPSA) is 90.0 Å². The van der Waals surface area contributed by atoms with Crippen molar-refractivity contribution in [2.75, 3.05) is 5.32 Å². The molecule has 0 saturated heterocycles. The van der Waals surface area contributed by atoms with Crippen LogP contribution in [0.3, 0.4) is 0 Å². The summed E-state index contributed by atoms with van der Waals surface area (Å²) in [6, 6.07) is 11.8. The second kappa shape index (κ2) is 6.40. The second-order valence-corrected chi connectivity index (χ2v) is 6.04. The number of hydrogen-bond acceptors (Lipinski definition) is 5. The van der Waals surface area contributed by atoms with Crippen molar-refractivity contribution in [3.63, 3.8) is 0 Å². The molecular weight excluding hydrogens is 330 g/mol. The summed E-state index contributed by atoms with van der Waals surface area (Å²) in [5, 5.41) is 11.2. The Hall–Kier alpha value is -3.55. The van der Waals surface area contributed by atoms with Crippen molar-refractivity contribution in [3.8, 4) is 0 Å². The number of fused-ring (bicyclic) bond motifs is 1. The van der Waals surface area contributed by atoms with Crippen molar-refractivity contribution >= 4 is 17.5 Å². The number of hydrogen-bond donors (Lipinski definition) is 1. The van der Waals surface area contributed by atoms with Crippen molar-refractivity contribution in [1.82, 2.24) is 29.4 Å². The van der Waals surface area contributed by atoms with Gasteiger partial charge in [-0.1, -0.05) is 30.3 Å². The summed E-state index contributed by atoms with van der Waals surface area (Å²) in [4.78, 5) is 21.1. The molecule has 0 radical (unpaired) electrons. The fraction of sp³-hybridized carbons (Fsp3) is 0.167. The number of rotatable bonds is 4. The zero-order valence-corrected chi connectivity index (χ0v) is 14.4. The smallest absolute Gasteiger partial charge is 0.263 e. The minimum Gasteiger partial charge on any atom is -0.289 e. The van der Waals surface area contributed by atoms with E-state index < -0.39 is 0 Å². The molecule has 26 heavy (non-hydrogen) atoms. The van der Waals surface area contributed by atoms with Crippen LogP contribution in [0.5, 0.6) is 0 Å². The van der Waals surface area contributed by atoms with Crippen LogP contribution in [0.4, 0.5) is 5.95 Å². The van der Waals surface area contributed by atoms with Crippen LogP contribution in [0.2, 0.25) is 0 Å². The van der Waals surface area contributed by atoms with Gasteiger partial charge in [-0.15, -0.1) is 5.10 Å². The number of amides is 1. The first kappa shape index (κ1) is 15.9. The molecule has 4 aromatic rings. The van der Waals surface area contributed by atoms with E-state index in [2.05, 4.69) is 25.5 Å². The van der Waals surface area contributed by atoms with Gasteiger partial charge in [0.25, 0.3) is 5.91 Å². The Kier molecular flexibility index (Phi) is 3.92. The van der Waals surface area contributed by atoms with Crippen LogP contribution in [0.25, 0.3) is 5.65 Å². The van der Waals surface area contributed by atoms with E-state index in [1.54, 1.807) is 15.5 Å². The van der Waals surface area contributed by atoms with Gasteiger partial charge in [0.2, 0.25) is 5.95 Å². The minimum atomic E-state index is -0.338. The van der Waals surface area contributed by atoms with E-state index >= 15 is 0 Å². The highest BCUT2D eigenvalue weighted by molar-refractivity contribution is 6.07. The van der Waals surface area contributed by atoms with E-state index in [1.165, 1.54) is 6.20 Å². The lowest BCUT2D eigenvalue weighted by molar-refractivity contribution is 0.102. The Morgan fingerprint density at radius 1 is 1.19 bits per heavy atom. The van der Waals surface area contributed by atoms with Crippen LogP contribution < -0.4 is 5.32 Å². The Labute approximate surface area is 149 Å². The Morgan fingerprint density at radius 3 is 2.81 bits per heavy atom. The van der Waals surface area contributed by atoms with Crippen molar-refractivity contribution in [3.05, 3.63) is 71.4 Å². The molecule has 130 valence electrons. The third-order valence-electron chi connectivity index (χ3n) is 3.97. The average molecular weight is 347 g/mol. The van der Waals surface area contributed by atoms with Crippen LogP contribution in [0, 0.1) is 13.8 Å². The third-order valence-corrected chi connectivity index (χ3v) is 3.97. The van der Waals surface area contributed by atoms with Crippen LogP contribution in [0.15, 0.2) is 48.9 Å². The van der Waals surface area contributed by atoms with Gasteiger partial charge in [0.1, 0.15) is 11.9 Å². The lowest BCUT2D eigenvalue weighted by atomic mass is 10.2. The summed E-state index contributed by atoms with van der Waals surface area (Å²) in [6.45, 7) is 4.39. The van der Waals surface area contributed by atoms with Crippen molar-refractivity contribution in [2.45, 2.75) is 20.4 Å². The molecule has 0 aliphatic carbocycles. The molecule has 4 rings (SSSR count). The summed E-state index contributed by atoms with van der Waals surface area (Å²) in [6.07, 6.45) is 3.09. The van der Waals surface area contributed by atoms with Gasteiger partial charge in [0.05, 0.1) is 12.7 Å². The quantitative estimate of drug-likeness (QED) is 0.611. The first-order chi connectivity index (χ1) is 12.6. The van der Waals surface area contributed by atoms with E-state index in [4.69, 9.17) is 0 Å². The van der Waals surface area contributed by atoms with E-state index in [0.717, 1.165) is 17.0 Å². The van der Waals surface area contributed by atoms with Crippen molar-refractivity contribution in [2.24, 2.45) is 0 Å². The molecule has 3 aromatic heterocycles. The van der Waals surface area contributed by atoms with E-state index in [9.17, 15) is 4.79 Å². The SMILES string of the molecule is Cc1cc(C)n2ncc(C(=O)Nc3ncn(Cc4ccccc4)n3)c2n1. The Morgan fingerprint density at radius 2 is 2.00 bits per heavy atom. The fourth-order valence-corrected chi connectivity index (χ4v) is 2.80. The molecule has 1 amide bonds. The highest BCUT2D eigenvalue weighted by Gasteiger charge is 2.17. The summed E-state index contributed by atoms with van der Waals surface area (Å²) in [7, 11) is 0. The minimum absolute atomic E-state index is 0.245. The molecule has 1 aromatic carbocycles. The summed E-state index contributed by atoms with van der Waals surface area (Å²) in [5.41, 5.74) is 3.75. The number of nitrogens with zero attached hydrogens (tertiary/aromatic N) is 6. The largest absolute Gasteiger partial charge is 0.289 e. The Bertz CT molecular complexity index is 1080. The first-order valence-corrected chi connectivity index (χ1v) is 8.17. The van der Waals surface area contributed by atoms with Crippen LogP contribution >= 0.6 is 0 Å². The monoisotopic (exact) mass is 347 g/mol. The molecule has 8 heteroatoms. The molecule has 0 atom stereocenters. The van der Waals surface area contributed by atoms with Gasteiger partial charge in [-0.2, -0.15) is 5.10 Å². The van der Waals surface area contributed by atoms with Crippen molar-refractivity contribution in [1.29, 1.82) is 0 Å². The molecule has 8 nitrogen and oxygen atoms in total. The van der Waals surface area contributed by atoms with Crippen molar-refractivity contribution < 1.29 is 4.79 Å². The standard InChI is InChI=1S/C18H17N7O/c1-12-8-13(2)25-16(21-12)15(9-20-25)17(26)22-18-19-11-24(23-18)10-14-6-4-3-5-7-14/h3-9,11H,10H2,1-2H3,(H,22,23,26). The number of benzene rings is 1. The lowest BCUT2D eigenvalue weighted by Gasteiger charge is -2.03. The summed E-state index contributed by atoms with van der Waals surface area (Å²) in [5.74, 6) is -0.0929. The number of aryl methyl sites for hydroxylation is 2. The zero-order valence-electron chi connectivity index (χ0n) is 14.4. The van der Waals surface area contributed by atoms with Gasteiger partial charge in [-0.3, -0.25) is 10.1 Å². The van der Waals surface area contributed by atoms with Gasteiger partial charge in [-0.25, -0.2) is 19.2 Å². The maximum atomic E-state index is 12.6. The van der Waals surface area contributed by atoms with Gasteiger partial charge >= 0.3 is 0 Å². The number of nitrogens with one attached hydrogen (secondary N) is 1. The molecule has 0 aliphatic heterocycles. The molecule has 0 saturated carbocycles. The molecule has 0 spiro atoms. The molecule has 0 fully saturated rings. The summed E-state index contributed by atoms with van der Waals surface area (Å²) < 4.78 is 3.32. The maximum Gasteiger partial charge on any atom is 0.263 e. The maximum absolute atomic E-state index is 12.6. The fourth-order valence-electron chi connectivity index (χ4n) is 2.80. The third kappa shape index (κ3) is 3.04. The lowest BCUT2D eigenvalue weighted by Crippen LogP contribution is -2.14. The highest BCUT2D eigenvalue weighted by Crippen LogP contribution is 2.13. The molecule has 0 unspecified atom stereocenters. The number of carbonyl (C=O) groups is 1.